The molecule has 2 rings (SSSR count). The average Bonchev–Trinajstić information content (AvgIpc) is 2.54. The van der Waals surface area contributed by atoms with Crippen molar-refractivity contribution in [3.05, 3.63) is 35.4 Å². The third kappa shape index (κ3) is 5.10. The zero-order valence-electron chi connectivity index (χ0n) is 13.5. The minimum Gasteiger partial charge on any atom is -0.392 e. The SMILES string of the molecule is CCCN1CCC(C(C)NCc2ccc(CO)cc2)CC1. The molecule has 1 atom stereocenters. The van der Waals surface area contributed by atoms with E-state index in [1.807, 2.05) is 12.1 Å². The summed E-state index contributed by atoms with van der Waals surface area (Å²) in [5.41, 5.74) is 2.28. The van der Waals surface area contributed by atoms with Gasteiger partial charge in [0.2, 0.25) is 0 Å². The maximum absolute atomic E-state index is 9.06. The number of hydrogen-bond donors (Lipinski definition) is 2. The van der Waals surface area contributed by atoms with Gasteiger partial charge >= 0.3 is 0 Å². The van der Waals surface area contributed by atoms with Crippen LogP contribution in [0.5, 0.6) is 0 Å². The molecule has 1 aromatic rings. The number of piperidine rings is 1. The van der Waals surface area contributed by atoms with Gasteiger partial charge in [-0.25, -0.2) is 0 Å². The van der Waals surface area contributed by atoms with Crippen molar-refractivity contribution >= 4 is 0 Å². The van der Waals surface area contributed by atoms with Gasteiger partial charge in [0.1, 0.15) is 0 Å². The van der Waals surface area contributed by atoms with Gasteiger partial charge in [-0.2, -0.15) is 0 Å². The van der Waals surface area contributed by atoms with Crippen LogP contribution in [-0.2, 0) is 13.2 Å². The molecule has 3 nitrogen and oxygen atoms in total. The molecule has 0 aliphatic carbocycles. The van der Waals surface area contributed by atoms with Crippen LogP contribution in [0.25, 0.3) is 0 Å². The summed E-state index contributed by atoms with van der Waals surface area (Å²) in [4.78, 5) is 2.59. The van der Waals surface area contributed by atoms with E-state index >= 15 is 0 Å². The summed E-state index contributed by atoms with van der Waals surface area (Å²) in [6, 6.07) is 8.80. The van der Waals surface area contributed by atoms with Gasteiger partial charge in [-0.05, 0) is 62.9 Å². The lowest BCUT2D eigenvalue weighted by atomic mass is 9.90. The maximum Gasteiger partial charge on any atom is 0.0681 e. The first kappa shape index (κ1) is 16.5. The molecule has 1 aliphatic heterocycles. The quantitative estimate of drug-likeness (QED) is 0.810. The number of likely N-dealkylation sites (tertiary alicyclic amines) is 1. The second-order valence-electron chi connectivity index (χ2n) is 6.32. The molecule has 0 radical (unpaired) electrons. The first-order chi connectivity index (χ1) is 10.2. The molecule has 1 heterocycles. The summed E-state index contributed by atoms with van der Waals surface area (Å²) in [5, 5.41) is 12.7. The summed E-state index contributed by atoms with van der Waals surface area (Å²) in [5.74, 6) is 0.801. The molecular weight excluding hydrogens is 260 g/mol. The van der Waals surface area contributed by atoms with E-state index in [4.69, 9.17) is 5.11 Å². The lowest BCUT2D eigenvalue weighted by Crippen LogP contribution is -2.41. The molecule has 0 spiro atoms. The first-order valence-corrected chi connectivity index (χ1v) is 8.37. The largest absolute Gasteiger partial charge is 0.392 e. The zero-order chi connectivity index (χ0) is 15.1. The Balaban J connectivity index is 1.73. The highest BCUT2D eigenvalue weighted by atomic mass is 16.3. The molecule has 0 bridgehead atoms. The normalized spacial score (nSPS) is 18.8. The van der Waals surface area contributed by atoms with Crippen molar-refractivity contribution in [2.45, 2.75) is 52.3 Å². The first-order valence-electron chi connectivity index (χ1n) is 8.37. The number of nitrogens with one attached hydrogen (secondary N) is 1. The molecule has 1 aliphatic rings. The Morgan fingerprint density at radius 2 is 1.81 bits per heavy atom. The molecule has 21 heavy (non-hydrogen) atoms. The van der Waals surface area contributed by atoms with E-state index in [0.717, 1.165) is 18.0 Å². The molecule has 0 amide bonds. The average molecular weight is 290 g/mol. The molecule has 3 heteroatoms. The van der Waals surface area contributed by atoms with Crippen LogP contribution in [0.4, 0.5) is 0 Å². The highest BCUT2D eigenvalue weighted by Gasteiger charge is 2.22. The predicted molar refractivity (Wildman–Crippen MR) is 88.1 cm³/mol. The zero-order valence-corrected chi connectivity index (χ0v) is 13.5. The Labute approximate surface area is 129 Å². The molecule has 1 unspecified atom stereocenters. The fourth-order valence-electron chi connectivity index (χ4n) is 3.20. The van der Waals surface area contributed by atoms with Crippen LogP contribution in [0.15, 0.2) is 24.3 Å². The topological polar surface area (TPSA) is 35.5 Å². The van der Waals surface area contributed by atoms with Crippen molar-refractivity contribution in [1.82, 2.24) is 10.2 Å². The fourth-order valence-corrected chi connectivity index (χ4v) is 3.20. The van der Waals surface area contributed by atoms with Gasteiger partial charge in [-0.15, -0.1) is 0 Å². The molecule has 1 fully saturated rings. The fraction of sp³-hybridized carbons (Fsp3) is 0.667. The third-order valence-electron chi connectivity index (χ3n) is 4.71. The smallest absolute Gasteiger partial charge is 0.0681 e. The van der Waals surface area contributed by atoms with Crippen LogP contribution in [-0.4, -0.2) is 35.7 Å². The maximum atomic E-state index is 9.06. The van der Waals surface area contributed by atoms with Crippen molar-refractivity contribution < 1.29 is 5.11 Å². The van der Waals surface area contributed by atoms with Gasteiger partial charge in [0.15, 0.2) is 0 Å². The van der Waals surface area contributed by atoms with Gasteiger partial charge in [0, 0.05) is 12.6 Å². The lowest BCUT2D eigenvalue weighted by Gasteiger charge is -2.35. The minimum atomic E-state index is 0.125. The second kappa shape index (κ2) is 8.52. The Hall–Kier alpha value is -0.900. The lowest BCUT2D eigenvalue weighted by molar-refractivity contribution is 0.162. The number of aliphatic hydroxyl groups is 1. The van der Waals surface area contributed by atoms with Gasteiger partial charge in [0.05, 0.1) is 6.61 Å². The highest BCUT2D eigenvalue weighted by molar-refractivity contribution is 5.21. The van der Waals surface area contributed by atoms with Gasteiger partial charge < -0.3 is 15.3 Å². The van der Waals surface area contributed by atoms with E-state index in [9.17, 15) is 0 Å². The van der Waals surface area contributed by atoms with Crippen molar-refractivity contribution in [3.8, 4) is 0 Å². The summed E-state index contributed by atoms with van der Waals surface area (Å²) in [6.45, 7) is 9.40. The van der Waals surface area contributed by atoms with Gasteiger partial charge in [-0.1, -0.05) is 31.2 Å². The van der Waals surface area contributed by atoms with E-state index in [1.165, 1.54) is 44.5 Å². The van der Waals surface area contributed by atoms with E-state index < -0.39 is 0 Å². The molecular formula is C18H30N2O. The van der Waals surface area contributed by atoms with E-state index in [0.29, 0.717) is 6.04 Å². The number of aliphatic hydroxyl groups excluding tert-OH is 1. The van der Waals surface area contributed by atoms with Crippen molar-refractivity contribution in [2.24, 2.45) is 5.92 Å². The van der Waals surface area contributed by atoms with Gasteiger partial charge in [-0.3, -0.25) is 0 Å². The summed E-state index contributed by atoms with van der Waals surface area (Å²) in [6.07, 6.45) is 3.90. The van der Waals surface area contributed by atoms with Crippen LogP contribution in [0.1, 0.15) is 44.2 Å². The Morgan fingerprint density at radius 1 is 1.19 bits per heavy atom. The van der Waals surface area contributed by atoms with Gasteiger partial charge in [0.25, 0.3) is 0 Å². The number of benzene rings is 1. The van der Waals surface area contributed by atoms with E-state index in [1.54, 1.807) is 0 Å². The number of hydrogen-bond acceptors (Lipinski definition) is 3. The molecule has 118 valence electrons. The second-order valence-corrected chi connectivity index (χ2v) is 6.32. The van der Waals surface area contributed by atoms with Crippen molar-refractivity contribution in [2.75, 3.05) is 19.6 Å². The van der Waals surface area contributed by atoms with Crippen molar-refractivity contribution in [3.63, 3.8) is 0 Å². The number of rotatable bonds is 7. The van der Waals surface area contributed by atoms with Crippen molar-refractivity contribution in [1.29, 1.82) is 0 Å². The van der Waals surface area contributed by atoms with E-state index in [2.05, 4.69) is 36.2 Å². The standard InChI is InChI=1S/C18H30N2O/c1-3-10-20-11-8-18(9-12-20)15(2)19-13-16-4-6-17(14-21)7-5-16/h4-7,15,18-19,21H,3,8-14H2,1-2H3. The molecule has 0 saturated carbocycles. The molecule has 0 aromatic heterocycles. The minimum absolute atomic E-state index is 0.125. The summed E-state index contributed by atoms with van der Waals surface area (Å²) in [7, 11) is 0. The van der Waals surface area contributed by atoms with Crippen LogP contribution < -0.4 is 5.32 Å². The van der Waals surface area contributed by atoms with Crippen LogP contribution in [0.2, 0.25) is 0 Å². The Kier molecular flexibility index (Phi) is 6.68. The molecule has 1 saturated heterocycles. The molecule has 2 N–H and O–H groups in total. The predicted octanol–water partition coefficient (Wildman–Crippen LogP) is 2.78. The molecule has 1 aromatic carbocycles. The van der Waals surface area contributed by atoms with Crippen LogP contribution in [0.3, 0.4) is 0 Å². The third-order valence-corrected chi connectivity index (χ3v) is 4.71. The van der Waals surface area contributed by atoms with Crippen LogP contribution >= 0.6 is 0 Å². The summed E-state index contributed by atoms with van der Waals surface area (Å²) >= 11 is 0. The Bertz CT molecular complexity index is 396. The number of nitrogens with zero attached hydrogens (tertiary/aromatic N) is 1. The summed E-state index contributed by atoms with van der Waals surface area (Å²) < 4.78 is 0. The Morgan fingerprint density at radius 3 is 2.38 bits per heavy atom. The highest BCUT2D eigenvalue weighted by Crippen LogP contribution is 2.21. The monoisotopic (exact) mass is 290 g/mol. The van der Waals surface area contributed by atoms with Crippen LogP contribution in [0, 0.1) is 5.92 Å². The van der Waals surface area contributed by atoms with E-state index in [-0.39, 0.29) is 6.61 Å².